The molecule has 0 unspecified atom stereocenters. The number of aromatic nitrogens is 3. The van der Waals surface area contributed by atoms with Gasteiger partial charge in [0, 0.05) is 13.0 Å². The van der Waals surface area contributed by atoms with E-state index >= 15 is 0 Å². The molecule has 2 amide bonds. The van der Waals surface area contributed by atoms with E-state index in [9.17, 15) is 14.0 Å². The van der Waals surface area contributed by atoms with Gasteiger partial charge in [-0.05, 0) is 6.92 Å². The van der Waals surface area contributed by atoms with Gasteiger partial charge in [-0.25, -0.2) is 14.2 Å². The number of H-pyrrole nitrogens is 1. The first-order chi connectivity index (χ1) is 9.61. The number of hydrogen-bond acceptors (Lipinski definition) is 5. The van der Waals surface area contributed by atoms with Crippen LogP contribution in [0.3, 0.4) is 0 Å². The number of aromatic amines is 1. The minimum Gasteiger partial charge on any atom is -0.450 e. The molecule has 2 heterocycles. The minimum absolute atomic E-state index is 0.0191. The highest BCUT2D eigenvalue weighted by atomic mass is 19.1. The molecule has 0 saturated carbocycles. The molecule has 2 N–H and O–H groups in total. The quantitative estimate of drug-likeness (QED) is 0.817. The fourth-order valence-corrected chi connectivity index (χ4v) is 2.13. The van der Waals surface area contributed by atoms with Gasteiger partial charge in [0.15, 0.2) is 0 Å². The highest BCUT2D eigenvalue weighted by Gasteiger charge is 2.36. The van der Waals surface area contributed by atoms with Gasteiger partial charge in [0.2, 0.25) is 5.82 Å². The van der Waals surface area contributed by atoms with E-state index in [1.54, 1.807) is 6.92 Å². The maximum absolute atomic E-state index is 13.5. The van der Waals surface area contributed by atoms with E-state index in [1.165, 1.54) is 11.2 Å². The van der Waals surface area contributed by atoms with Gasteiger partial charge in [-0.1, -0.05) is 0 Å². The van der Waals surface area contributed by atoms with E-state index in [1.807, 2.05) is 0 Å². The number of ether oxygens (including phenoxy) is 1. The van der Waals surface area contributed by atoms with Crippen molar-refractivity contribution in [3.8, 4) is 0 Å². The van der Waals surface area contributed by atoms with E-state index < -0.39 is 24.2 Å². The maximum Gasteiger partial charge on any atom is 0.407 e. The highest BCUT2D eigenvalue weighted by molar-refractivity contribution is 5.90. The topological polar surface area (TPSA) is 100 Å². The van der Waals surface area contributed by atoms with Crippen LogP contribution < -0.4 is 5.32 Å². The van der Waals surface area contributed by atoms with Crippen molar-refractivity contribution in [1.29, 1.82) is 0 Å². The van der Waals surface area contributed by atoms with Gasteiger partial charge in [-0.2, -0.15) is 5.10 Å². The second-order valence-electron chi connectivity index (χ2n) is 4.38. The zero-order chi connectivity index (χ0) is 14.5. The summed E-state index contributed by atoms with van der Waals surface area (Å²) in [6.45, 7) is 2.06. The first-order valence-electron chi connectivity index (χ1n) is 6.32. The average Bonchev–Trinajstić information content (AvgIpc) is 3.05. The molecule has 20 heavy (non-hydrogen) atoms. The third-order valence-electron chi connectivity index (χ3n) is 3.00. The van der Waals surface area contributed by atoms with Gasteiger partial charge in [0.25, 0.3) is 5.91 Å². The third-order valence-corrected chi connectivity index (χ3v) is 3.00. The summed E-state index contributed by atoms with van der Waals surface area (Å²) in [5, 5.41) is 8.55. The predicted octanol–water partition coefficient (Wildman–Crippen LogP) is 0.103. The van der Waals surface area contributed by atoms with Crippen molar-refractivity contribution in [1.82, 2.24) is 25.4 Å². The number of nitrogens with zero attached hydrogens (tertiary/aromatic N) is 3. The smallest absolute Gasteiger partial charge is 0.407 e. The largest absolute Gasteiger partial charge is 0.450 e. The lowest BCUT2D eigenvalue weighted by molar-refractivity contribution is 0.0712. The normalized spacial score (nSPS) is 21.8. The van der Waals surface area contributed by atoms with Gasteiger partial charge in [0.05, 0.1) is 19.2 Å². The lowest BCUT2D eigenvalue weighted by Crippen LogP contribution is -2.43. The Balaban J connectivity index is 1.96. The zero-order valence-corrected chi connectivity index (χ0v) is 11.0. The van der Waals surface area contributed by atoms with Gasteiger partial charge in [0.1, 0.15) is 12.5 Å². The minimum atomic E-state index is -1.11. The Hall–Kier alpha value is -2.19. The number of halogens is 1. The lowest BCUT2D eigenvalue weighted by Gasteiger charge is -2.23. The Kier molecular flexibility index (Phi) is 4.49. The first kappa shape index (κ1) is 14.2. The molecule has 1 aromatic heterocycles. The monoisotopic (exact) mass is 285 g/mol. The van der Waals surface area contributed by atoms with E-state index in [0.29, 0.717) is 0 Å². The fraction of sp³-hybridized carbons (Fsp3) is 0.636. The summed E-state index contributed by atoms with van der Waals surface area (Å²) in [4.78, 5) is 28.4. The summed E-state index contributed by atoms with van der Waals surface area (Å²) in [7, 11) is 0. The van der Waals surface area contributed by atoms with Crippen molar-refractivity contribution in [2.75, 3.05) is 19.7 Å². The van der Waals surface area contributed by atoms with Crippen LogP contribution in [0.25, 0.3) is 0 Å². The van der Waals surface area contributed by atoms with E-state index in [-0.39, 0.29) is 31.9 Å². The van der Waals surface area contributed by atoms with Crippen LogP contribution in [0.4, 0.5) is 9.18 Å². The van der Waals surface area contributed by atoms with Crippen LogP contribution >= 0.6 is 0 Å². The van der Waals surface area contributed by atoms with E-state index in [4.69, 9.17) is 4.74 Å². The van der Waals surface area contributed by atoms with Gasteiger partial charge >= 0.3 is 6.09 Å². The van der Waals surface area contributed by atoms with E-state index in [0.717, 1.165) is 0 Å². The van der Waals surface area contributed by atoms with Crippen LogP contribution in [-0.2, 0) is 4.74 Å². The molecule has 1 aromatic rings. The van der Waals surface area contributed by atoms with Gasteiger partial charge in [-0.15, -0.1) is 0 Å². The summed E-state index contributed by atoms with van der Waals surface area (Å²) in [5.74, 6) is -0.376. The molecule has 0 radical (unpaired) electrons. The first-order valence-corrected chi connectivity index (χ1v) is 6.32. The molecule has 2 atom stereocenters. The summed E-state index contributed by atoms with van der Waals surface area (Å²) in [5.41, 5.74) is 0. The molecule has 9 heteroatoms. The predicted molar refractivity (Wildman–Crippen MR) is 65.7 cm³/mol. The molecule has 2 rings (SSSR count). The molecule has 110 valence electrons. The van der Waals surface area contributed by atoms with Crippen LogP contribution in [0.15, 0.2) is 6.33 Å². The number of amides is 2. The second kappa shape index (κ2) is 6.31. The number of carbonyl (C=O) groups is 2. The third kappa shape index (κ3) is 3.22. The standard InChI is InChI=1S/C11H16FN5O3/c1-2-20-11(19)13-4-8-3-7(12)5-17(8)10(18)9-14-6-15-16-9/h6-8H,2-5H2,1H3,(H,13,19)(H,14,15,16)/t7-,8-/m0/s1. The molecule has 1 aliphatic rings. The molecule has 8 nitrogen and oxygen atoms in total. The van der Waals surface area contributed by atoms with Crippen LogP contribution in [0.2, 0.25) is 0 Å². The number of alkyl carbamates (subject to hydrolysis) is 1. The molecular weight excluding hydrogens is 269 g/mol. The molecule has 0 aliphatic carbocycles. The molecule has 0 bridgehead atoms. The Morgan fingerprint density at radius 1 is 1.65 bits per heavy atom. The van der Waals surface area contributed by atoms with E-state index in [2.05, 4.69) is 20.5 Å². The number of carbonyl (C=O) groups excluding carboxylic acids is 2. The van der Waals surface area contributed by atoms with Crippen LogP contribution in [0.1, 0.15) is 24.0 Å². The average molecular weight is 285 g/mol. The molecule has 1 saturated heterocycles. The fourth-order valence-electron chi connectivity index (χ4n) is 2.13. The van der Waals surface area contributed by atoms with Crippen LogP contribution in [0.5, 0.6) is 0 Å². The van der Waals surface area contributed by atoms with Crippen molar-refractivity contribution in [3.05, 3.63) is 12.2 Å². The molecule has 0 aromatic carbocycles. The number of nitrogens with one attached hydrogen (secondary N) is 2. The van der Waals surface area contributed by atoms with Crippen molar-refractivity contribution in [2.24, 2.45) is 0 Å². The number of rotatable bonds is 4. The van der Waals surface area contributed by atoms with Gasteiger partial charge in [-0.3, -0.25) is 9.89 Å². The molecule has 1 fully saturated rings. The number of likely N-dealkylation sites (tertiary alicyclic amines) is 1. The lowest BCUT2D eigenvalue weighted by atomic mass is 10.2. The maximum atomic E-state index is 13.5. The Morgan fingerprint density at radius 2 is 2.45 bits per heavy atom. The summed E-state index contributed by atoms with van der Waals surface area (Å²) in [6, 6.07) is -0.424. The van der Waals surface area contributed by atoms with Crippen molar-refractivity contribution in [3.63, 3.8) is 0 Å². The summed E-state index contributed by atoms with van der Waals surface area (Å²) < 4.78 is 18.2. The molecular formula is C11H16FN5O3. The highest BCUT2D eigenvalue weighted by Crippen LogP contribution is 2.21. The molecule has 1 aliphatic heterocycles. The molecule has 0 spiro atoms. The van der Waals surface area contributed by atoms with Gasteiger partial charge < -0.3 is 15.0 Å². The van der Waals surface area contributed by atoms with Crippen molar-refractivity contribution in [2.45, 2.75) is 25.6 Å². The number of hydrogen-bond donors (Lipinski definition) is 2. The Morgan fingerprint density at radius 3 is 3.10 bits per heavy atom. The Labute approximate surface area is 114 Å². The van der Waals surface area contributed by atoms with Crippen LogP contribution in [-0.4, -0.2) is 64.0 Å². The van der Waals surface area contributed by atoms with Crippen LogP contribution in [0, 0.1) is 0 Å². The Bertz CT molecular complexity index is 467. The second-order valence-corrected chi connectivity index (χ2v) is 4.38. The number of alkyl halides is 1. The summed E-state index contributed by atoms with van der Waals surface area (Å²) in [6.07, 6.45) is -0.313. The van der Waals surface area contributed by atoms with Crippen molar-refractivity contribution < 1.29 is 18.7 Å². The zero-order valence-electron chi connectivity index (χ0n) is 11.0. The van der Waals surface area contributed by atoms with Crippen molar-refractivity contribution >= 4 is 12.0 Å². The SMILES string of the molecule is CCOC(=O)NC[C@@H]1C[C@H](F)CN1C(=O)c1ncn[nH]1. The summed E-state index contributed by atoms with van der Waals surface area (Å²) >= 11 is 0.